The molecular formula is C14H19NO. The molecule has 2 aliphatic carbocycles. The zero-order valence-electron chi connectivity index (χ0n) is 9.61. The lowest BCUT2D eigenvalue weighted by molar-refractivity contribution is 0.211. The Kier molecular flexibility index (Phi) is 2.50. The van der Waals surface area contributed by atoms with Crippen LogP contribution in [0.25, 0.3) is 0 Å². The molecule has 86 valence electrons. The summed E-state index contributed by atoms with van der Waals surface area (Å²) in [7, 11) is 0. The molecule has 0 heterocycles. The van der Waals surface area contributed by atoms with Crippen molar-refractivity contribution in [3.63, 3.8) is 0 Å². The van der Waals surface area contributed by atoms with E-state index in [1.807, 2.05) is 6.07 Å². The van der Waals surface area contributed by atoms with E-state index in [9.17, 15) is 0 Å². The number of anilines is 1. The van der Waals surface area contributed by atoms with E-state index in [0.717, 1.165) is 17.4 Å². The molecule has 1 aromatic rings. The molecule has 16 heavy (non-hydrogen) atoms. The summed E-state index contributed by atoms with van der Waals surface area (Å²) in [5.41, 5.74) is 8.16. The molecule has 2 N–H and O–H groups in total. The summed E-state index contributed by atoms with van der Waals surface area (Å²) in [6.45, 7) is 0. The van der Waals surface area contributed by atoms with E-state index in [1.165, 1.54) is 44.1 Å². The van der Waals surface area contributed by atoms with Gasteiger partial charge in [-0.1, -0.05) is 6.07 Å². The van der Waals surface area contributed by atoms with Gasteiger partial charge in [0.05, 0.1) is 11.8 Å². The monoisotopic (exact) mass is 217 g/mol. The molecular weight excluding hydrogens is 198 g/mol. The summed E-state index contributed by atoms with van der Waals surface area (Å²) >= 11 is 0. The summed E-state index contributed by atoms with van der Waals surface area (Å²) in [5.74, 6) is 1.68. The fourth-order valence-electron chi connectivity index (χ4n) is 2.51. The van der Waals surface area contributed by atoms with E-state index >= 15 is 0 Å². The Morgan fingerprint density at radius 3 is 2.50 bits per heavy atom. The Morgan fingerprint density at radius 1 is 1.06 bits per heavy atom. The third-order valence-corrected chi connectivity index (χ3v) is 3.68. The highest BCUT2D eigenvalue weighted by Crippen LogP contribution is 2.42. The summed E-state index contributed by atoms with van der Waals surface area (Å²) in [6.07, 6.45) is 8.02. The Bertz CT molecular complexity index is 378. The third-order valence-electron chi connectivity index (χ3n) is 3.68. The zero-order valence-corrected chi connectivity index (χ0v) is 9.61. The lowest BCUT2D eigenvalue weighted by atomic mass is 10.1. The Morgan fingerprint density at radius 2 is 1.81 bits per heavy atom. The van der Waals surface area contributed by atoms with Crippen molar-refractivity contribution >= 4 is 5.69 Å². The lowest BCUT2D eigenvalue weighted by Gasteiger charge is -2.15. The molecule has 0 saturated heterocycles. The average Bonchev–Trinajstić information content (AvgIpc) is 3.01. The van der Waals surface area contributed by atoms with Crippen LogP contribution in [0.3, 0.4) is 0 Å². The average molecular weight is 217 g/mol. The summed E-state index contributed by atoms with van der Waals surface area (Å²) in [5, 5.41) is 0. The minimum absolute atomic E-state index is 0.400. The molecule has 2 nitrogen and oxygen atoms in total. The first-order chi connectivity index (χ1) is 7.83. The van der Waals surface area contributed by atoms with Crippen molar-refractivity contribution in [3.05, 3.63) is 23.8 Å². The topological polar surface area (TPSA) is 35.2 Å². The standard InChI is InChI=1S/C14H19NO/c15-13-8-7-11(10-5-6-10)9-14(13)16-12-3-1-2-4-12/h7-10,12H,1-6,15H2. The second-order valence-electron chi connectivity index (χ2n) is 5.10. The van der Waals surface area contributed by atoms with Gasteiger partial charge in [-0.15, -0.1) is 0 Å². The van der Waals surface area contributed by atoms with Crippen molar-refractivity contribution < 1.29 is 4.74 Å². The van der Waals surface area contributed by atoms with E-state index in [2.05, 4.69) is 12.1 Å². The number of nitrogens with two attached hydrogens (primary N) is 1. The van der Waals surface area contributed by atoms with Crippen LogP contribution in [0.4, 0.5) is 5.69 Å². The minimum Gasteiger partial charge on any atom is -0.488 e. The number of hydrogen-bond donors (Lipinski definition) is 1. The smallest absolute Gasteiger partial charge is 0.142 e. The van der Waals surface area contributed by atoms with Gasteiger partial charge in [0.2, 0.25) is 0 Å². The predicted octanol–water partition coefficient (Wildman–Crippen LogP) is 3.47. The summed E-state index contributed by atoms with van der Waals surface area (Å²) in [6, 6.07) is 6.30. The molecule has 2 saturated carbocycles. The lowest BCUT2D eigenvalue weighted by Crippen LogP contribution is -2.12. The molecule has 0 aliphatic heterocycles. The molecule has 0 spiro atoms. The molecule has 0 atom stereocenters. The molecule has 2 fully saturated rings. The fourth-order valence-corrected chi connectivity index (χ4v) is 2.51. The van der Waals surface area contributed by atoms with Gasteiger partial charge in [-0.05, 0) is 62.1 Å². The van der Waals surface area contributed by atoms with Crippen molar-refractivity contribution in [1.29, 1.82) is 0 Å². The first-order valence-electron chi connectivity index (χ1n) is 6.39. The van der Waals surface area contributed by atoms with Gasteiger partial charge in [0.25, 0.3) is 0 Å². The van der Waals surface area contributed by atoms with Gasteiger partial charge in [0.1, 0.15) is 5.75 Å². The van der Waals surface area contributed by atoms with Gasteiger partial charge < -0.3 is 10.5 Å². The zero-order chi connectivity index (χ0) is 11.0. The molecule has 0 unspecified atom stereocenters. The van der Waals surface area contributed by atoms with Crippen molar-refractivity contribution in [3.8, 4) is 5.75 Å². The highest BCUT2D eigenvalue weighted by atomic mass is 16.5. The van der Waals surface area contributed by atoms with Crippen LogP contribution in [0.5, 0.6) is 5.75 Å². The number of nitrogen functional groups attached to an aromatic ring is 1. The Hall–Kier alpha value is -1.18. The quantitative estimate of drug-likeness (QED) is 0.787. The Balaban J connectivity index is 1.78. The first-order valence-corrected chi connectivity index (χ1v) is 6.39. The first kappa shape index (κ1) is 10.0. The summed E-state index contributed by atoms with van der Waals surface area (Å²) < 4.78 is 6.00. The van der Waals surface area contributed by atoms with Gasteiger partial charge in [-0.25, -0.2) is 0 Å². The number of rotatable bonds is 3. The molecule has 1 aromatic carbocycles. The van der Waals surface area contributed by atoms with Crippen molar-refractivity contribution in [1.82, 2.24) is 0 Å². The molecule has 3 rings (SSSR count). The molecule has 0 radical (unpaired) electrons. The van der Waals surface area contributed by atoms with E-state index in [0.29, 0.717) is 6.10 Å². The molecule has 2 aliphatic rings. The number of benzene rings is 1. The third kappa shape index (κ3) is 2.01. The molecule has 0 amide bonds. The largest absolute Gasteiger partial charge is 0.488 e. The van der Waals surface area contributed by atoms with Crippen LogP contribution in [-0.2, 0) is 0 Å². The van der Waals surface area contributed by atoms with Gasteiger partial charge in [0, 0.05) is 0 Å². The van der Waals surface area contributed by atoms with Crippen LogP contribution in [-0.4, -0.2) is 6.10 Å². The van der Waals surface area contributed by atoms with Gasteiger partial charge >= 0.3 is 0 Å². The van der Waals surface area contributed by atoms with Crippen molar-refractivity contribution in [2.24, 2.45) is 0 Å². The van der Waals surface area contributed by atoms with Crippen molar-refractivity contribution in [2.45, 2.75) is 50.5 Å². The maximum atomic E-state index is 6.00. The van der Waals surface area contributed by atoms with Crippen LogP contribution in [0.2, 0.25) is 0 Å². The molecule has 2 heteroatoms. The highest BCUT2D eigenvalue weighted by Gasteiger charge is 2.25. The van der Waals surface area contributed by atoms with Crippen molar-refractivity contribution in [2.75, 3.05) is 5.73 Å². The minimum atomic E-state index is 0.400. The van der Waals surface area contributed by atoms with Crippen LogP contribution in [0.1, 0.15) is 50.0 Å². The summed E-state index contributed by atoms with van der Waals surface area (Å²) in [4.78, 5) is 0. The van der Waals surface area contributed by atoms with Crippen LogP contribution < -0.4 is 10.5 Å². The van der Waals surface area contributed by atoms with E-state index in [1.54, 1.807) is 0 Å². The van der Waals surface area contributed by atoms with Crippen LogP contribution >= 0.6 is 0 Å². The number of ether oxygens (including phenoxy) is 1. The van der Waals surface area contributed by atoms with E-state index in [4.69, 9.17) is 10.5 Å². The predicted molar refractivity (Wildman–Crippen MR) is 65.7 cm³/mol. The molecule has 0 aromatic heterocycles. The SMILES string of the molecule is Nc1ccc(C2CC2)cc1OC1CCCC1. The van der Waals surface area contributed by atoms with E-state index in [-0.39, 0.29) is 0 Å². The fraction of sp³-hybridized carbons (Fsp3) is 0.571. The van der Waals surface area contributed by atoms with Crippen LogP contribution in [0.15, 0.2) is 18.2 Å². The maximum absolute atomic E-state index is 6.00. The van der Waals surface area contributed by atoms with Gasteiger partial charge in [-0.2, -0.15) is 0 Å². The van der Waals surface area contributed by atoms with Gasteiger partial charge in [-0.3, -0.25) is 0 Å². The van der Waals surface area contributed by atoms with Crippen LogP contribution in [0, 0.1) is 0 Å². The maximum Gasteiger partial charge on any atom is 0.142 e. The second-order valence-corrected chi connectivity index (χ2v) is 5.10. The van der Waals surface area contributed by atoms with E-state index < -0.39 is 0 Å². The Labute approximate surface area is 96.8 Å². The normalized spacial score (nSPS) is 21.2. The highest BCUT2D eigenvalue weighted by molar-refractivity contribution is 5.55. The van der Waals surface area contributed by atoms with Gasteiger partial charge in [0.15, 0.2) is 0 Å². The molecule has 0 bridgehead atoms. The second kappa shape index (κ2) is 4.00. The number of hydrogen-bond acceptors (Lipinski definition) is 2.